The van der Waals surface area contributed by atoms with Crippen molar-refractivity contribution in [3.8, 4) is 11.5 Å². The molecule has 0 unspecified atom stereocenters. The third-order valence-electron chi connectivity index (χ3n) is 3.59. The fourth-order valence-electron chi connectivity index (χ4n) is 2.30. The molecule has 0 saturated carbocycles. The summed E-state index contributed by atoms with van der Waals surface area (Å²) in [7, 11) is 3.12. The van der Waals surface area contributed by atoms with E-state index < -0.39 is 0 Å². The molecule has 3 N–H and O–H groups in total. The Morgan fingerprint density at radius 3 is 2.33 bits per heavy atom. The summed E-state index contributed by atoms with van der Waals surface area (Å²) in [6.45, 7) is 1.76. The summed E-state index contributed by atoms with van der Waals surface area (Å²) in [6, 6.07) is 10.1. The van der Waals surface area contributed by atoms with Gasteiger partial charge in [-0.05, 0) is 42.8 Å². The lowest BCUT2D eigenvalue weighted by atomic mass is 10.1. The summed E-state index contributed by atoms with van der Waals surface area (Å²) in [5.74, 6) is 0.816. The predicted octanol–water partition coefficient (Wildman–Crippen LogP) is 2.42. The number of nitrogen functional groups attached to an aromatic ring is 1. The summed E-state index contributed by atoms with van der Waals surface area (Å²) < 4.78 is 10.4. The first-order valence-corrected chi connectivity index (χ1v) is 7.35. The molecule has 0 spiro atoms. The van der Waals surface area contributed by atoms with Gasteiger partial charge in [0, 0.05) is 23.4 Å². The molecule has 0 fully saturated rings. The minimum atomic E-state index is -0.272. The molecule has 0 bridgehead atoms. The molecule has 0 atom stereocenters. The van der Waals surface area contributed by atoms with Gasteiger partial charge >= 0.3 is 0 Å². The van der Waals surface area contributed by atoms with Crippen LogP contribution in [0, 0.1) is 0 Å². The van der Waals surface area contributed by atoms with E-state index >= 15 is 0 Å². The first-order valence-electron chi connectivity index (χ1n) is 7.35. The Kier molecular flexibility index (Phi) is 5.42. The van der Waals surface area contributed by atoms with E-state index in [9.17, 15) is 9.59 Å². The van der Waals surface area contributed by atoms with Crippen LogP contribution in [-0.4, -0.2) is 25.9 Å². The highest BCUT2D eigenvalue weighted by atomic mass is 16.5. The Hall–Kier alpha value is -3.02. The van der Waals surface area contributed by atoms with E-state index in [2.05, 4.69) is 5.32 Å². The molecule has 2 aromatic carbocycles. The molecule has 0 aromatic heterocycles. The monoisotopic (exact) mass is 328 g/mol. The number of amides is 1. The molecule has 126 valence electrons. The second-order valence-corrected chi connectivity index (χ2v) is 5.23. The number of hydrogen-bond donors (Lipinski definition) is 2. The van der Waals surface area contributed by atoms with Crippen molar-refractivity contribution in [1.82, 2.24) is 5.32 Å². The van der Waals surface area contributed by atoms with Crippen molar-refractivity contribution in [2.24, 2.45) is 0 Å². The first kappa shape index (κ1) is 17.3. The molecule has 0 aliphatic heterocycles. The quantitative estimate of drug-likeness (QED) is 0.628. The van der Waals surface area contributed by atoms with Crippen LogP contribution in [0.3, 0.4) is 0 Å². The van der Waals surface area contributed by atoms with Gasteiger partial charge in [0.2, 0.25) is 0 Å². The molecule has 2 aromatic rings. The molecular formula is C18H20N2O4. The highest BCUT2D eigenvalue weighted by Gasteiger charge is 2.11. The summed E-state index contributed by atoms with van der Waals surface area (Å²) in [4.78, 5) is 23.6. The van der Waals surface area contributed by atoms with E-state index in [-0.39, 0.29) is 11.7 Å². The standard InChI is InChI=1S/C18H20N2O4/c1-11(21)14-6-5-13(9-15(14)19)18(22)20-10-12-4-7-16(23-2)17(8-12)24-3/h4-9H,10,19H2,1-3H3,(H,20,22). The van der Waals surface area contributed by atoms with Gasteiger partial charge in [0.05, 0.1) is 14.2 Å². The molecule has 0 aliphatic rings. The van der Waals surface area contributed by atoms with Crippen molar-refractivity contribution in [2.45, 2.75) is 13.5 Å². The molecular weight excluding hydrogens is 308 g/mol. The molecule has 24 heavy (non-hydrogen) atoms. The van der Waals surface area contributed by atoms with Gasteiger partial charge in [-0.3, -0.25) is 9.59 Å². The van der Waals surface area contributed by atoms with Crippen LogP contribution in [-0.2, 0) is 6.54 Å². The zero-order valence-corrected chi connectivity index (χ0v) is 13.9. The number of nitrogens with two attached hydrogens (primary N) is 1. The number of nitrogens with one attached hydrogen (secondary N) is 1. The lowest BCUT2D eigenvalue weighted by Crippen LogP contribution is -2.23. The van der Waals surface area contributed by atoms with Crippen LogP contribution in [0.15, 0.2) is 36.4 Å². The average molecular weight is 328 g/mol. The number of ketones is 1. The van der Waals surface area contributed by atoms with E-state index in [0.717, 1.165) is 5.56 Å². The third kappa shape index (κ3) is 3.84. The summed E-state index contributed by atoms with van der Waals surface area (Å²) in [5, 5.41) is 2.80. The van der Waals surface area contributed by atoms with Crippen LogP contribution < -0.4 is 20.5 Å². The van der Waals surface area contributed by atoms with Crippen molar-refractivity contribution in [2.75, 3.05) is 20.0 Å². The minimum absolute atomic E-state index is 0.134. The maximum atomic E-state index is 12.2. The van der Waals surface area contributed by atoms with Crippen LogP contribution >= 0.6 is 0 Å². The SMILES string of the molecule is COc1ccc(CNC(=O)c2ccc(C(C)=O)c(N)c2)cc1OC. The summed E-state index contributed by atoms with van der Waals surface area (Å²) >= 11 is 0. The van der Waals surface area contributed by atoms with Gasteiger partial charge < -0.3 is 20.5 Å². The van der Waals surface area contributed by atoms with Gasteiger partial charge in [0.15, 0.2) is 17.3 Å². The van der Waals surface area contributed by atoms with Crippen molar-refractivity contribution >= 4 is 17.4 Å². The van der Waals surface area contributed by atoms with Gasteiger partial charge in [-0.25, -0.2) is 0 Å². The molecule has 0 aliphatic carbocycles. The fourth-order valence-corrected chi connectivity index (χ4v) is 2.30. The summed E-state index contributed by atoms with van der Waals surface area (Å²) in [5.41, 5.74) is 7.78. The first-order chi connectivity index (χ1) is 11.5. The zero-order valence-electron chi connectivity index (χ0n) is 13.9. The zero-order chi connectivity index (χ0) is 17.7. The molecule has 1 amide bonds. The second-order valence-electron chi connectivity index (χ2n) is 5.23. The summed E-state index contributed by atoms with van der Waals surface area (Å²) in [6.07, 6.45) is 0. The van der Waals surface area contributed by atoms with Crippen molar-refractivity contribution in [1.29, 1.82) is 0 Å². The number of ether oxygens (including phenoxy) is 2. The number of anilines is 1. The minimum Gasteiger partial charge on any atom is -0.493 e. The Morgan fingerprint density at radius 2 is 1.75 bits per heavy atom. The number of rotatable bonds is 6. The van der Waals surface area contributed by atoms with Crippen LogP contribution in [0.2, 0.25) is 0 Å². The smallest absolute Gasteiger partial charge is 0.251 e. The van der Waals surface area contributed by atoms with Crippen LogP contribution in [0.1, 0.15) is 33.2 Å². The van der Waals surface area contributed by atoms with Gasteiger partial charge in [0.1, 0.15) is 0 Å². The largest absolute Gasteiger partial charge is 0.493 e. The Labute approximate surface area is 140 Å². The van der Waals surface area contributed by atoms with Gasteiger partial charge in [-0.15, -0.1) is 0 Å². The maximum absolute atomic E-state index is 12.2. The van der Waals surface area contributed by atoms with E-state index in [4.69, 9.17) is 15.2 Å². The van der Waals surface area contributed by atoms with Gasteiger partial charge in [-0.1, -0.05) is 6.07 Å². The van der Waals surface area contributed by atoms with E-state index in [1.165, 1.54) is 13.0 Å². The third-order valence-corrected chi connectivity index (χ3v) is 3.59. The van der Waals surface area contributed by atoms with Crippen LogP contribution in [0.25, 0.3) is 0 Å². The maximum Gasteiger partial charge on any atom is 0.251 e. The van der Waals surface area contributed by atoms with E-state index in [1.807, 2.05) is 6.07 Å². The van der Waals surface area contributed by atoms with Gasteiger partial charge in [0.25, 0.3) is 5.91 Å². The number of carbonyl (C=O) groups is 2. The predicted molar refractivity (Wildman–Crippen MR) is 91.6 cm³/mol. The fraction of sp³-hybridized carbons (Fsp3) is 0.222. The number of benzene rings is 2. The number of Topliss-reactive ketones (excluding diaryl/α,β-unsaturated/α-hetero) is 1. The number of hydrogen-bond acceptors (Lipinski definition) is 5. The molecule has 0 saturated heterocycles. The van der Waals surface area contributed by atoms with Gasteiger partial charge in [-0.2, -0.15) is 0 Å². The molecule has 6 nitrogen and oxygen atoms in total. The Morgan fingerprint density at radius 1 is 1.04 bits per heavy atom. The lowest BCUT2D eigenvalue weighted by molar-refractivity contribution is 0.0949. The molecule has 2 rings (SSSR count). The van der Waals surface area contributed by atoms with Crippen molar-refractivity contribution < 1.29 is 19.1 Å². The average Bonchev–Trinajstić information content (AvgIpc) is 2.58. The van der Waals surface area contributed by atoms with Crippen molar-refractivity contribution in [3.05, 3.63) is 53.1 Å². The normalized spacial score (nSPS) is 10.1. The van der Waals surface area contributed by atoms with Crippen LogP contribution in [0.5, 0.6) is 11.5 Å². The van der Waals surface area contributed by atoms with E-state index in [1.54, 1.807) is 38.5 Å². The molecule has 0 heterocycles. The van der Waals surface area contributed by atoms with Crippen molar-refractivity contribution in [3.63, 3.8) is 0 Å². The number of carbonyl (C=O) groups excluding carboxylic acids is 2. The number of methoxy groups -OCH3 is 2. The Bertz CT molecular complexity index is 772. The lowest BCUT2D eigenvalue weighted by Gasteiger charge is -2.11. The molecule has 6 heteroatoms. The molecule has 0 radical (unpaired) electrons. The van der Waals surface area contributed by atoms with E-state index in [0.29, 0.717) is 34.9 Å². The Balaban J connectivity index is 2.08. The highest BCUT2D eigenvalue weighted by molar-refractivity contribution is 6.02. The highest BCUT2D eigenvalue weighted by Crippen LogP contribution is 2.27. The second kappa shape index (κ2) is 7.50. The van der Waals surface area contributed by atoms with Crippen LogP contribution in [0.4, 0.5) is 5.69 Å². The topological polar surface area (TPSA) is 90.7 Å².